The molecule has 0 spiro atoms. The SMILES string of the molecule is COc1ccc(C(C)NC(=O)Nc2cccc3cccnc23)c(OC)c1. The van der Waals surface area contributed by atoms with E-state index in [1.165, 1.54) is 0 Å². The number of hydrogen-bond donors (Lipinski definition) is 2. The first-order valence-corrected chi connectivity index (χ1v) is 8.25. The van der Waals surface area contributed by atoms with E-state index in [-0.39, 0.29) is 12.1 Å². The Labute approximate surface area is 152 Å². The minimum absolute atomic E-state index is 0.251. The lowest BCUT2D eigenvalue weighted by Crippen LogP contribution is -2.31. The lowest BCUT2D eigenvalue weighted by atomic mass is 10.1. The van der Waals surface area contributed by atoms with Crippen LogP contribution in [0, 0.1) is 0 Å². The summed E-state index contributed by atoms with van der Waals surface area (Å²) in [7, 11) is 3.19. The van der Waals surface area contributed by atoms with Crippen LogP contribution in [0.1, 0.15) is 18.5 Å². The molecule has 6 heteroatoms. The summed E-state index contributed by atoms with van der Waals surface area (Å²) in [6.07, 6.45) is 1.70. The van der Waals surface area contributed by atoms with E-state index < -0.39 is 0 Å². The van der Waals surface area contributed by atoms with Gasteiger partial charge in [-0.05, 0) is 31.2 Å². The number of fused-ring (bicyclic) bond motifs is 1. The van der Waals surface area contributed by atoms with E-state index >= 15 is 0 Å². The Hall–Kier alpha value is -3.28. The van der Waals surface area contributed by atoms with Gasteiger partial charge in [-0.3, -0.25) is 4.98 Å². The average molecular weight is 351 g/mol. The maximum atomic E-state index is 12.4. The predicted molar refractivity (Wildman–Crippen MR) is 102 cm³/mol. The van der Waals surface area contributed by atoms with Gasteiger partial charge in [0.05, 0.1) is 31.5 Å². The van der Waals surface area contributed by atoms with Crippen LogP contribution in [-0.2, 0) is 0 Å². The van der Waals surface area contributed by atoms with Gasteiger partial charge < -0.3 is 20.1 Å². The van der Waals surface area contributed by atoms with Crippen molar-refractivity contribution in [2.45, 2.75) is 13.0 Å². The fourth-order valence-electron chi connectivity index (χ4n) is 2.81. The number of ether oxygens (including phenoxy) is 2. The fraction of sp³-hybridized carbons (Fsp3) is 0.200. The zero-order chi connectivity index (χ0) is 18.5. The molecule has 2 N–H and O–H groups in total. The molecule has 3 rings (SSSR count). The number of para-hydroxylation sites is 1. The number of urea groups is 1. The van der Waals surface area contributed by atoms with Crippen molar-refractivity contribution >= 4 is 22.6 Å². The first-order valence-electron chi connectivity index (χ1n) is 8.25. The van der Waals surface area contributed by atoms with Crippen LogP contribution in [0.3, 0.4) is 0 Å². The second-order valence-corrected chi connectivity index (χ2v) is 5.81. The Morgan fingerprint density at radius 1 is 1.08 bits per heavy atom. The highest BCUT2D eigenvalue weighted by Crippen LogP contribution is 2.29. The highest BCUT2D eigenvalue weighted by molar-refractivity contribution is 5.99. The molecule has 0 saturated carbocycles. The second-order valence-electron chi connectivity index (χ2n) is 5.81. The van der Waals surface area contributed by atoms with E-state index in [2.05, 4.69) is 15.6 Å². The van der Waals surface area contributed by atoms with Crippen LogP contribution in [0.2, 0.25) is 0 Å². The van der Waals surface area contributed by atoms with Crippen molar-refractivity contribution in [2.24, 2.45) is 0 Å². The summed E-state index contributed by atoms with van der Waals surface area (Å²) in [5, 5.41) is 6.76. The number of aromatic nitrogens is 1. The number of nitrogens with one attached hydrogen (secondary N) is 2. The van der Waals surface area contributed by atoms with Gasteiger partial charge in [-0.2, -0.15) is 0 Å². The maximum absolute atomic E-state index is 12.4. The predicted octanol–water partition coefficient (Wildman–Crippen LogP) is 4.13. The molecule has 134 valence electrons. The van der Waals surface area contributed by atoms with Gasteiger partial charge in [0.25, 0.3) is 0 Å². The minimum Gasteiger partial charge on any atom is -0.497 e. The van der Waals surface area contributed by atoms with E-state index in [0.29, 0.717) is 17.2 Å². The molecule has 0 saturated heterocycles. The molecule has 2 aromatic carbocycles. The van der Waals surface area contributed by atoms with Gasteiger partial charge in [-0.25, -0.2) is 4.79 Å². The van der Waals surface area contributed by atoms with Gasteiger partial charge in [0, 0.05) is 23.2 Å². The van der Waals surface area contributed by atoms with Gasteiger partial charge in [0.1, 0.15) is 11.5 Å². The molecule has 0 aliphatic rings. The highest BCUT2D eigenvalue weighted by Gasteiger charge is 2.15. The number of carbonyl (C=O) groups is 1. The number of pyridine rings is 1. The van der Waals surface area contributed by atoms with E-state index in [9.17, 15) is 4.79 Å². The van der Waals surface area contributed by atoms with Crippen molar-refractivity contribution in [1.29, 1.82) is 0 Å². The van der Waals surface area contributed by atoms with Crippen LogP contribution in [0.4, 0.5) is 10.5 Å². The molecular weight excluding hydrogens is 330 g/mol. The number of hydrogen-bond acceptors (Lipinski definition) is 4. The quantitative estimate of drug-likeness (QED) is 0.725. The van der Waals surface area contributed by atoms with Crippen molar-refractivity contribution < 1.29 is 14.3 Å². The summed E-state index contributed by atoms with van der Waals surface area (Å²) in [4.78, 5) is 16.8. The number of benzene rings is 2. The molecular formula is C20H21N3O3. The second kappa shape index (κ2) is 7.74. The van der Waals surface area contributed by atoms with Gasteiger partial charge >= 0.3 is 6.03 Å². The van der Waals surface area contributed by atoms with Crippen LogP contribution >= 0.6 is 0 Å². The molecule has 1 heterocycles. The number of amides is 2. The van der Waals surface area contributed by atoms with E-state index in [4.69, 9.17) is 9.47 Å². The van der Waals surface area contributed by atoms with Crippen molar-refractivity contribution in [3.63, 3.8) is 0 Å². The van der Waals surface area contributed by atoms with Crippen LogP contribution in [-0.4, -0.2) is 25.2 Å². The Kier molecular flexibility index (Phi) is 5.22. The average Bonchev–Trinajstić information content (AvgIpc) is 2.67. The summed E-state index contributed by atoms with van der Waals surface area (Å²) >= 11 is 0. The molecule has 0 bridgehead atoms. The van der Waals surface area contributed by atoms with Crippen molar-refractivity contribution in [3.8, 4) is 11.5 Å². The molecule has 26 heavy (non-hydrogen) atoms. The lowest BCUT2D eigenvalue weighted by Gasteiger charge is -2.18. The molecule has 2 amide bonds. The number of carbonyl (C=O) groups excluding carboxylic acids is 1. The van der Waals surface area contributed by atoms with Gasteiger partial charge in [-0.1, -0.05) is 18.2 Å². The summed E-state index contributed by atoms with van der Waals surface area (Å²) in [5.74, 6) is 1.35. The molecule has 0 aliphatic heterocycles. The molecule has 1 unspecified atom stereocenters. The van der Waals surface area contributed by atoms with Gasteiger partial charge in [0.15, 0.2) is 0 Å². The third-order valence-electron chi connectivity index (χ3n) is 4.14. The number of rotatable bonds is 5. The van der Waals surface area contributed by atoms with Crippen molar-refractivity contribution in [1.82, 2.24) is 10.3 Å². The minimum atomic E-state index is -0.312. The van der Waals surface area contributed by atoms with Gasteiger partial charge in [-0.15, -0.1) is 0 Å². The molecule has 3 aromatic rings. The molecule has 6 nitrogen and oxygen atoms in total. The molecule has 1 aromatic heterocycles. The number of anilines is 1. The Bertz CT molecular complexity index is 922. The zero-order valence-corrected chi connectivity index (χ0v) is 14.9. The molecule has 0 radical (unpaired) electrons. The normalized spacial score (nSPS) is 11.7. The summed E-state index contributed by atoms with van der Waals surface area (Å²) in [6.45, 7) is 1.89. The topological polar surface area (TPSA) is 72.5 Å². The maximum Gasteiger partial charge on any atom is 0.319 e. The monoisotopic (exact) mass is 351 g/mol. The molecule has 0 aliphatic carbocycles. The largest absolute Gasteiger partial charge is 0.497 e. The van der Waals surface area contributed by atoms with Crippen LogP contribution in [0.5, 0.6) is 11.5 Å². The van der Waals surface area contributed by atoms with E-state index in [1.54, 1.807) is 26.5 Å². The first kappa shape index (κ1) is 17.5. The zero-order valence-electron chi connectivity index (χ0n) is 14.9. The third-order valence-corrected chi connectivity index (χ3v) is 4.14. The standard InChI is InChI=1S/C20H21N3O3/c1-13(16-10-9-15(25-2)12-18(16)26-3)22-20(24)23-17-8-4-6-14-7-5-11-21-19(14)17/h4-13H,1-3H3,(H2,22,23,24). The van der Waals surface area contributed by atoms with Crippen LogP contribution in [0.15, 0.2) is 54.7 Å². The smallest absolute Gasteiger partial charge is 0.319 e. The Morgan fingerprint density at radius 3 is 2.65 bits per heavy atom. The fourth-order valence-corrected chi connectivity index (χ4v) is 2.81. The molecule has 1 atom stereocenters. The number of nitrogens with zero attached hydrogens (tertiary/aromatic N) is 1. The first-order chi connectivity index (χ1) is 12.6. The summed E-state index contributed by atoms with van der Waals surface area (Å²) in [6, 6.07) is 14.4. The van der Waals surface area contributed by atoms with Gasteiger partial charge in [0.2, 0.25) is 0 Å². The summed E-state index contributed by atoms with van der Waals surface area (Å²) < 4.78 is 10.6. The van der Waals surface area contributed by atoms with Crippen LogP contribution in [0.25, 0.3) is 10.9 Å². The molecule has 0 fully saturated rings. The third kappa shape index (κ3) is 3.69. The lowest BCUT2D eigenvalue weighted by molar-refractivity contribution is 0.249. The number of methoxy groups -OCH3 is 2. The van der Waals surface area contributed by atoms with E-state index in [1.807, 2.05) is 49.4 Å². The van der Waals surface area contributed by atoms with Crippen molar-refractivity contribution in [2.75, 3.05) is 19.5 Å². The van der Waals surface area contributed by atoms with Crippen molar-refractivity contribution in [3.05, 3.63) is 60.3 Å². The Balaban J connectivity index is 1.75. The van der Waals surface area contributed by atoms with Crippen LogP contribution < -0.4 is 20.1 Å². The summed E-state index contributed by atoms with van der Waals surface area (Å²) in [5.41, 5.74) is 2.27. The van der Waals surface area contributed by atoms with E-state index in [0.717, 1.165) is 16.5 Å². The highest BCUT2D eigenvalue weighted by atomic mass is 16.5. The Morgan fingerprint density at radius 2 is 1.88 bits per heavy atom.